The summed E-state index contributed by atoms with van der Waals surface area (Å²) in [5.74, 6) is -0.836. The summed E-state index contributed by atoms with van der Waals surface area (Å²) in [6, 6.07) is 16.3. The van der Waals surface area contributed by atoms with E-state index < -0.39 is 11.9 Å². The Morgan fingerprint density at radius 2 is 1.60 bits per heavy atom. The molecule has 0 bridgehead atoms. The molecule has 0 saturated carbocycles. The Bertz CT molecular complexity index is 715. The predicted octanol–water partition coefficient (Wildman–Crippen LogP) is 3.32. The Morgan fingerprint density at radius 1 is 0.960 bits per heavy atom. The van der Waals surface area contributed by atoms with Crippen LogP contribution in [0, 0.1) is 0 Å². The monoisotopic (exact) mass is 340 g/mol. The number of benzene rings is 2. The largest absolute Gasteiger partial charge is 0.456 e. The summed E-state index contributed by atoms with van der Waals surface area (Å²) in [7, 11) is 0. The molecular weight excluding hydrogens is 320 g/mol. The molecular formula is C18H20N4O3. The van der Waals surface area contributed by atoms with E-state index >= 15 is 0 Å². The maximum Gasteiger partial charge on any atom is 0.306 e. The lowest BCUT2D eigenvalue weighted by Crippen LogP contribution is -2.21. The minimum absolute atomic E-state index is 0.213. The number of nitrogens with zero attached hydrogens (tertiary/aromatic N) is 2. The zero-order valence-electron chi connectivity index (χ0n) is 13.7. The standard InChI is InChI=1S/C18H20N4O3/c19-12-4-7-18(24)25-13-17(23)20-14-8-10-16(11-9-14)22-21-15-5-2-1-3-6-15/h1-3,5-6,8-11H,4,7,12-13,19H2,(H,20,23). The Labute approximate surface area is 145 Å². The van der Waals surface area contributed by atoms with Gasteiger partial charge in [-0.05, 0) is 49.4 Å². The van der Waals surface area contributed by atoms with E-state index in [1.54, 1.807) is 24.3 Å². The number of anilines is 1. The van der Waals surface area contributed by atoms with Crippen LogP contribution in [0.4, 0.5) is 17.1 Å². The molecule has 7 nitrogen and oxygen atoms in total. The van der Waals surface area contributed by atoms with Gasteiger partial charge in [0, 0.05) is 12.1 Å². The van der Waals surface area contributed by atoms with E-state index in [1.807, 2.05) is 30.3 Å². The summed E-state index contributed by atoms with van der Waals surface area (Å²) >= 11 is 0. The van der Waals surface area contributed by atoms with Crippen molar-refractivity contribution in [1.82, 2.24) is 0 Å². The Kier molecular flexibility index (Phi) is 7.27. The summed E-state index contributed by atoms with van der Waals surface area (Å²) in [5.41, 5.74) is 7.31. The number of rotatable bonds is 8. The lowest BCUT2D eigenvalue weighted by atomic mass is 10.3. The minimum atomic E-state index is -0.433. The smallest absolute Gasteiger partial charge is 0.306 e. The molecule has 1 amide bonds. The van der Waals surface area contributed by atoms with Crippen LogP contribution in [-0.4, -0.2) is 25.0 Å². The van der Waals surface area contributed by atoms with E-state index in [1.165, 1.54) is 0 Å². The molecule has 3 N–H and O–H groups in total. The van der Waals surface area contributed by atoms with Crippen molar-refractivity contribution in [3.8, 4) is 0 Å². The second-order valence-corrected chi connectivity index (χ2v) is 5.18. The Balaban J connectivity index is 1.80. The third-order valence-corrected chi connectivity index (χ3v) is 3.14. The molecule has 130 valence electrons. The molecule has 2 rings (SSSR count). The van der Waals surface area contributed by atoms with Crippen molar-refractivity contribution in [3.05, 3.63) is 54.6 Å². The number of carbonyl (C=O) groups excluding carboxylic acids is 2. The number of amides is 1. The first-order valence-corrected chi connectivity index (χ1v) is 7.90. The predicted molar refractivity (Wildman–Crippen MR) is 94.9 cm³/mol. The Hall–Kier alpha value is -3.06. The maximum absolute atomic E-state index is 11.7. The highest BCUT2D eigenvalue weighted by Crippen LogP contribution is 2.19. The first-order valence-electron chi connectivity index (χ1n) is 7.90. The van der Waals surface area contributed by atoms with Gasteiger partial charge in [-0.2, -0.15) is 10.2 Å². The number of hydrogen-bond donors (Lipinski definition) is 2. The van der Waals surface area contributed by atoms with Crippen molar-refractivity contribution in [2.24, 2.45) is 16.0 Å². The summed E-state index contributed by atoms with van der Waals surface area (Å²) in [6.07, 6.45) is 0.754. The molecule has 2 aromatic carbocycles. The molecule has 0 radical (unpaired) electrons. The van der Waals surface area contributed by atoms with Crippen molar-refractivity contribution in [2.75, 3.05) is 18.5 Å². The molecule has 0 atom stereocenters. The first-order chi connectivity index (χ1) is 12.2. The molecule has 2 aromatic rings. The zero-order valence-corrected chi connectivity index (χ0v) is 13.7. The number of azo groups is 1. The summed E-state index contributed by atoms with van der Waals surface area (Å²) < 4.78 is 4.85. The van der Waals surface area contributed by atoms with Crippen LogP contribution in [0.2, 0.25) is 0 Å². The van der Waals surface area contributed by atoms with Crippen LogP contribution in [0.25, 0.3) is 0 Å². The van der Waals surface area contributed by atoms with E-state index in [0.29, 0.717) is 24.3 Å². The van der Waals surface area contributed by atoms with Crippen LogP contribution < -0.4 is 11.1 Å². The number of nitrogens with two attached hydrogens (primary N) is 1. The van der Waals surface area contributed by atoms with Crippen LogP contribution in [0.3, 0.4) is 0 Å². The highest BCUT2D eigenvalue weighted by molar-refractivity contribution is 5.92. The van der Waals surface area contributed by atoms with Crippen molar-refractivity contribution in [1.29, 1.82) is 0 Å². The fourth-order valence-corrected chi connectivity index (χ4v) is 1.88. The molecule has 0 aliphatic rings. The van der Waals surface area contributed by atoms with Gasteiger partial charge in [0.1, 0.15) is 0 Å². The van der Waals surface area contributed by atoms with Crippen LogP contribution in [-0.2, 0) is 14.3 Å². The van der Waals surface area contributed by atoms with E-state index in [9.17, 15) is 9.59 Å². The van der Waals surface area contributed by atoms with Crippen molar-refractivity contribution >= 4 is 28.9 Å². The highest BCUT2D eigenvalue weighted by Gasteiger charge is 2.07. The number of nitrogens with one attached hydrogen (secondary N) is 1. The van der Waals surface area contributed by atoms with Gasteiger partial charge < -0.3 is 15.8 Å². The van der Waals surface area contributed by atoms with Gasteiger partial charge in [0.2, 0.25) is 0 Å². The minimum Gasteiger partial charge on any atom is -0.456 e. The SMILES string of the molecule is NCCCC(=O)OCC(=O)Nc1ccc(N=Nc2ccccc2)cc1. The third-order valence-electron chi connectivity index (χ3n) is 3.14. The van der Waals surface area contributed by atoms with Gasteiger partial charge >= 0.3 is 5.97 Å². The van der Waals surface area contributed by atoms with Crippen molar-refractivity contribution in [3.63, 3.8) is 0 Å². The lowest BCUT2D eigenvalue weighted by molar-refractivity contribution is -0.147. The van der Waals surface area contributed by atoms with E-state index in [0.717, 1.165) is 5.69 Å². The van der Waals surface area contributed by atoms with Crippen LogP contribution in [0.1, 0.15) is 12.8 Å². The van der Waals surface area contributed by atoms with Crippen LogP contribution >= 0.6 is 0 Å². The molecule has 0 heterocycles. The number of esters is 1. The Morgan fingerprint density at radius 3 is 2.24 bits per heavy atom. The normalized spacial score (nSPS) is 10.6. The van der Waals surface area contributed by atoms with E-state index in [4.69, 9.17) is 10.5 Å². The summed E-state index contributed by atoms with van der Waals surface area (Å²) in [6.45, 7) is 0.0914. The van der Waals surface area contributed by atoms with E-state index in [2.05, 4.69) is 15.5 Å². The molecule has 0 saturated heterocycles. The average Bonchev–Trinajstić information content (AvgIpc) is 2.65. The van der Waals surface area contributed by atoms with Gasteiger partial charge in [-0.25, -0.2) is 0 Å². The van der Waals surface area contributed by atoms with Crippen LogP contribution in [0.5, 0.6) is 0 Å². The third kappa shape index (κ3) is 6.92. The average molecular weight is 340 g/mol. The number of hydrogen-bond acceptors (Lipinski definition) is 6. The first kappa shape index (κ1) is 18.3. The van der Waals surface area contributed by atoms with Crippen LogP contribution in [0.15, 0.2) is 64.8 Å². The quantitative estimate of drug-likeness (QED) is 0.568. The van der Waals surface area contributed by atoms with Gasteiger partial charge in [0.25, 0.3) is 5.91 Å². The number of carbonyl (C=O) groups is 2. The topological polar surface area (TPSA) is 106 Å². The maximum atomic E-state index is 11.7. The lowest BCUT2D eigenvalue weighted by Gasteiger charge is -2.06. The van der Waals surface area contributed by atoms with Crippen molar-refractivity contribution < 1.29 is 14.3 Å². The summed E-state index contributed by atoms with van der Waals surface area (Å²) in [5, 5.41) is 10.9. The fourth-order valence-electron chi connectivity index (χ4n) is 1.88. The van der Waals surface area contributed by atoms with Gasteiger partial charge in [-0.15, -0.1) is 0 Å². The summed E-state index contributed by atoms with van der Waals surface area (Å²) in [4.78, 5) is 23.0. The number of ether oxygens (including phenoxy) is 1. The zero-order chi connectivity index (χ0) is 17.9. The van der Waals surface area contributed by atoms with Gasteiger partial charge in [0.05, 0.1) is 11.4 Å². The second kappa shape index (κ2) is 9.94. The molecule has 0 unspecified atom stereocenters. The molecule has 25 heavy (non-hydrogen) atoms. The van der Waals surface area contributed by atoms with E-state index in [-0.39, 0.29) is 13.0 Å². The molecule has 0 aromatic heterocycles. The molecule has 0 aliphatic heterocycles. The second-order valence-electron chi connectivity index (χ2n) is 5.18. The molecule has 0 spiro atoms. The van der Waals surface area contributed by atoms with Gasteiger partial charge in [-0.3, -0.25) is 9.59 Å². The highest BCUT2D eigenvalue weighted by atomic mass is 16.5. The fraction of sp³-hybridized carbons (Fsp3) is 0.222. The van der Waals surface area contributed by atoms with Crippen molar-refractivity contribution in [2.45, 2.75) is 12.8 Å². The molecule has 7 heteroatoms. The van der Waals surface area contributed by atoms with Gasteiger partial charge in [0.15, 0.2) is 6.61 Å². The molecule has 0 fully saturated rings. The van der Waals surface area contributed by atoms with Gasteiger partial charge in [-0.1, -0.05) is 18.2 Å². The molecule has 0 aliphatic carbocycles.